The van der Waals surface area contributed by atoms with E-state index in [0.717, 1.165) is 5.69 Å². The molecule has 12 N–H and O–H groups in total. The van der Waals surface area contributed by atoms with Crippen LogP contribution in [0.4, 0.5) is 23.1 Å². The number of nitrogens with one attached hydrogen (secondary N) is 2. The van der Waals surface area contributed by atoms with E-state index < -0.39 is 94.8 Å². The molecule has 0 radical (unpaired) electrons. The van der Waals surface area contributed by atoms with Gasteiger partial charge >= 0.3 is 19.8 Å². The smallest absolute Gasteiger partial charge is 0.473 e. The topological polar surface area (TPSA) is 340 Å². The van der Waals surface area contributed by atoms with E-state index in [9.17, 15) is 49.4 Å². The Hall–Kier alpha value is -3.93. The van der Waals surface area contributed by atoms with E-state index in [-0.39, 0.29) is 36.1 Å². The maximum absolute atomic E-state index is 12.8. The summed E-state index contributed by atoms with van der Waals surface area (Å²) in [7, 11) is -5.11. The summed E-state index contributed by atoms with van der Waals surface area (Å²) in [4.78, 5) is 55.6. The average molecular weight is 789 g/mol. The Morgan fingerprint density at radius 3 is 2.43 bits per heavy atom. The molecular formula is C31H45N6O16P. The van der Waals surface area contributed by atoms with E-state index in [0.29, 0.717) is 23.7 Å². The predicted octanol–water partition coefficient (Wildman–Crippen LogP) is -2.25. The number of aromatic nitrogens is 2. The van der Waals surface area contributed by atoms with E-state index in [2.05, 4.69) is 29.2 Å². The molecule has 0 aliphatic carbocycles. The lowest BCUT2D eigenvalue weighted by atomic mass is 9.98. The number of nitrogen functional groups attached to an aromatic ring is 1. The van der Waals surface area contributed by atoms with Crippen LogP contribution < -0.4 is 26.4 Å². The van der Waals surface area contributed by atoms with E-state index in [4.69, 9.17) is 25.4 Å². The molecule has 300 valence electrons. The van der Waals surface area contributed by atoms with Gasteiger partial charge in [0, 0.05) is 24.6 Å². The number of phosphoric ester groups is 1. The van der Waals surface area contributed by atoms with E-state index in [1.54, 1.807) is 12.1 Å². The number of fused-ring (bicyclic) bond motifs is 3. The third kappa shape index (κ3) is 9.29. The zero-order chi connectivity index (χ0) is 39.6. The summed E-state index contributed by atoms with van der Waals surface area (Å²) in [6.07, 6.45) is -14.9. The molecule has 5 rings (SSSR count). The van der Waals surface area contributed by atoms with Gasteiger partial charge in [-0.2, -0.15) is 4.98 Å². The van der Waals surface area contributed by atoms with Crippen LogP contribution in [0, 0.1) is 0 Å². The van der Waals surface area contributed by atoms with Crippen LogP contribution in [0.25, 0.3) is 0 Å². The first-order valence-corrected chi connectivity index (χ1v) is 18.4. The number of nitrogens with zero attached hydrogens (tertiary/aromatic N) is 3. The van der Waals surface area contributed by atoms with Gasteiger partial charge in [0.1, 0.15) is 36.2 Å². The average Bonchev–Trinajstić information content (AvgIpc) is 3.58. The second-order valence-electron chi connectivity index (χ2n) is 13.4. The number of aromatic amines is 1. The molecule has 4 heterocycles. The van der Waals surface area contributed by atoms with Gasteiger partial charge in [0.05, 0.1) is 38.1 Å². The van der Waals surface area contributed by atoms with Crippen LogP contribution in [0.2, 0.25) is 0 Å². The maximum Gasteiger partial charge on any atom is 0.473 e. The number of aliphatic hydroxyl groups is 5. The predicted molar refractivity (Wildman–Crippen MR) is 185 cm³/mol. The van der Waals surface area contributed by atoms with E-state index in [1.165, 1.54) is 0 Å². The number of rotatable bonds is 17. The molecule has 22 nitrogen and oxygen atoms in total. The highest BCUT2D eigenvalue weighted by Gasteiger charge is 2.47. The number of phosphoric acid groups is 1. The highest BCUT2D eigenvalue weighted by molar-refractivity contribution is 7.47. The van der Waals surface area contributed by atoms with Crippen LogP contribution in [0.1, 0.15) is 32.3 Å². The van der Waals surface area contributed by atoms with Gasteiger partial charge in [-0.25, -0.2) is 9.36 Å². The fourth-order valence-corrected chi connectivity index (χ4v) is 7.68. The Morgan fingerprint density at radius 2 is 1.78 bits per heavy atom. The second-order valence-corrected chi connectivity index (χ2v) is 14.8. The van der Waals surface area contributed by atoms with Crippen LogP contribution in [0.5, 0.6) is 0 Å². The van der Waals surface area contributed by atoms with Gasteiger partial charge in [-0.05, 0) is 38.0 Å². The molecule has 54 heavy (non-hydrogen) atoms. The van der Waals surface area contributed by atoms with Crippen molar-refractivity contribution in [3.63, 3.8) is 0 Å². The maximum atomic E-state index is 12.8. The molecule has 0 amide bonds. The quantitative estimate of drug-likeness (QED) is 0.0754. The minimum absolute atomic E-state index is 0.0155. The number of hydrogen-bond acceptors (Lipinski definition) is 18. The summed E-state index contributed by atoms with van der Waals surface area (Å²) in [5.74, 6) is -2.65. The molecular weight excluding hydrogens is 743 g/mol. The molecule has 8 unspecified atom stereocenters. The highest BCUT2D eigenvalue weighted by Crippen LogP contribution is 2.46. The van der Waals surface area contributed by atoms with Gasteiger partial charge in [0.2, 0.25) is 5.95 Å². The van der Waals surface area contributed by atoms with Gasteiger partial charge in [0.15, 0.2) is 18.2 Å². The number of aliphatic carboxylic acids is 2. The highest BCUT2D eigenvalue weighted by atomic mass is 31.2. The molecule has 2 aromatic rings. The standard InChI is InChI=1S/C31H45N6O16P/c1-13-22-14(2)36(12-37(22)23-27(33-13)34-31(32)35-28(23)45)16-5-3-15(4-6-16)9-17(38)24(42)18(39)10-50-30-26(44)25(43)20(52-30)11-51-54(48,49)53-19(29(46)47)7-8-21(40)41/h3-6,13-14,17-20,22,24-26,30,38-39,42-44H,7-12H2,1-2H3,(H,40,41)(H,46,47)(H,48,49)(H4,32,33,34,35,45)/t13?,14?,17?,18?,19?,20-,22?,24?,25-,26-,30+/m1/s1. The van der Waals surface area contributed by atoms with Crippen LogP contribution in [-0.2, 0) is 39.1 Å². The van der Waals surface area contributed by atoms with Crippen molar-refractivity contribution in [3.05, 3.63) is 40.2 Å². The normalized spacial score (nSPS) is 28.3. The number of ether oxygens (including phenoxy) is 2. The van der Waals surface area contributed by atoms with Crippen LogP contribution in [0.15, 0.2) is 29.1 Å². The van der Waals surface area contributed by atoms with Crippen LogP contribution >= 0.6 is 7.82 Å². The van der Waals surface area contributed by atoms with Crippen molar-refractivity contribution >= 4 is 42.9 Å². The molecule has 3 aliphatic heterocycles. The minimum atomic E-state index is -5.11. The molecule has 3 aliphatic rings. The largest absolute Gasteiger partial charge is 0.481 e. The SMILES string of the molecule is CC1Nc2nc(N)[nH]c(=O)c2N2CN(c3ccc(CC(O)C(O)C(O)CO[C@H]4O[C@H](COP(=O)(O)OC(CCC(=O)O)C(=O)O)[C@@H](O)[C@H]4O)cc3)C(C)C12. The number of H-pyrrole nitrogens is 1. The summed E-state index contributed by atoms with van der Waals surface area (Å²) in [6, 6.07) is 7.06. The van der Waals surface area contributed by atoms with Crippen molar-refractivity contribution in [1.82, 2.24) is 9.97 Å². The van der Waals surface area contributed by atoms with Gasteiger partial charge in [-0.1, -0.05) is 12.1 Å². The lowest BCUT2D eigenvalue weighted by Gasteiger charge is -2.37. The number of benzene rings is 1. The lowest BCUT2D eigenvalue weighted by Crippen LogP contribution is -2.52. The van der Waals surface area contributed by atoms with Crippen molar-refractivity contribution < 1.29 is 73.3 Å². The van der Waals surface area contributed by atoms with Gasteiger partial charge in [-0.15, -0.1) is 0 Å². The molecule has 0 saturated carbocycles. The zero-order valence-corrected chi connectivity index (χ0v) is 30.0. The Morgan fingerprint density at radius 1 is 1.09 bits per heavy atom. The summed E-state index contributed by atoms with van der Waals surface area (Å²) in [5, 5.41) is 73.6. The first-order chi connectivity index (χ1) is 25.4. The van der Waals surface area contributed by atoms with Crippen molar-refractivity contribution in [2.75, 3.05) is 40.7 Å². The molecule has 2 fully saturated rings. The summed E-state index contributed by atoms with van der Waals surface area (Å²) >= 11 is 0. The number of carboxylic acids is 2. The van der Waals surface area contributed by atoms with Crippen molar-refractivity contribution in [2.24, 2.45) is 0 Å². The third-order valence-corrected chi connectivity index (χ3v) is 10.5. The van der Waals surface area contributed by atoms with Crippen molar-refractivity contribution in [2.45, 2.75) is 100 Å². The Labute approximate surface area is 307 Å². The van der Waals surface area contributed by atoms with Gasteiger partial charge in [0.25, 0.3) is 5.56 Å². The lowest BCUT2D eigenvalue weighted by molar-refractivity contribution is -0.192. The zero-order valence-electron chi connectivity index (χ0n) is 29.1. The number of carboxylic acid groups (broad SMARTS) is 2. The fourth-order valence-electron chi connectivity index (χ4n) is 6.77. The number of aliphatic hydroxyl groups excluding tert-OH is 5. The summed E-state index contributed by atoms with van der Waals surface area (Å²) < 4.78 is 32.1. The summed E-state index contributed by atoms with van der Waals surface area (Å²) in [6.45, 7) is 2.86. The molecule has 0 bridgehead atoms. The monoisotopic (exact) mass is 788 g/mol. The second kappa shape index (κ2) is 16.8. The van der Waals surface area contributed by atoms with E-state index >= 15 is 0 Å². The Bertz CT molecular complexity index is 1750. The number of carbonyl (C=O) groups is 2. The number of nitrogens with two attached hydrogens (primary N) is 1. The molecule has 12 atom stereocenters. The van der Waals surface area contributed by atoms with E-state index in [1.807, 2.05) is 30.9 Å². The summed E-state index contributed by atoms with van der Waals surface area (Å²) in [5.41, 5.74) is 7.27. The third-order valence-electron chi connectivity index (χ3n) is 9.54. The first-order valence-electron chi connectivity index (χ1n) is 16.9. The Kier molecular flexibility index (Phi) is 12.9. The van der Waals surface area contributed by atoms with Gasteiger partial charge < -0.3 is 71.0 Å². The molecule has 2 saturated heterocycles. The van der Waals surface area contributed by atoms with Crippen LogP contribution in [0.3, 0.4) is 0 Å². The molecule has 1 aromatic heterocycles. The Balaban J connectivity index is 1.10. The molecule has 1 aromatic carbocycles. The van der Waals surface area contributed by atoms with Crippen molar-refractivity contribution in [3.8, 4) is 0 Å². The fraction of sp³-hybridized carbons (Fsp3) is 0.613. The molecule has 0 spiro atoms. The van der Waals surface area contributed by atoms with Crippen LogP contribution in [-0.4, -0.2) is 150 Å². The number of hydrogen-bond donors (Lipinski definition) is 11. The minimum Gasteiger partial charge on any atom is -0.481 e. The van der Waals surface area contributed by atoms with Gasteiger partial charge in [-0.3, -0.25) is 23.6 Å². The number of anilines is 4. The first kappa shape index (κ1) is 41.2. The molecule has 23 heteroatoms. The van der Waals surface area contributed by atoms with Crippen molar-refractivity contribution in [1.29, 1.82) is 0 Å².